The minimum atomic E-state index is -3.77. The average Bonchev–Trinajstić information content (AvgIpc) is 2.95. The molecule has 21 heavy (non-hydrogen) atoms. The van der Waals surface area contributed by atoms with E-state index >= 15 is 0 Å². The van der Waals surface area contributed by atoms with Crippen LogP contribution < -0.4 is 10.5 Å². The number of ether oxygens (including phenoxy) is 1. The standard InChI is InChI=1S/C13H18N2O5S/c1-20-12-5-4-10(7-11(12)13(14)17)21(18,19)15-6-2-3-9(15)8-16/h4-5,7,9,16H,2-3,6,8H2,1H3,(H2,14,17)/t9-/m1/s1. The highest BCUT2D eigenvalue weighted by atomic mass is 32.2. The molecular weight excluding hydrogens is 296 g/mol. The van der Waals surface area contributed by atoms with Crippen molar-refractivity contribution in [3.8, 4) is 5.75 Å². The van der Waals surface area contributed by atoms with Crippen LogP contribution in [0.3, 0.4) is 0 Å². The maximum atomic E-state index is 12.6. The number of carbonyl (C=O) groups is 1. The first kappa shape index (κ1) is 15.7. The van der Waals surface area contributed by atoms with E-state index in [1.54, 1.807) is 0 Å². The molecule has 0 saturated carbocycles. The third-order valence-electron chi connectivity index (χ3n) is 3.58. The van der Waals surface area contributed by atoms with E-state index in [9.17, 15) is 18.3 Å². The minimum Gasteiger partial charge on any atom is -0.496 e. The minimum absolute atomic E-state index is 0.0123. The van der Waals surface area contributed by atoms with Gasteiger partial charge in [-0.1, -0.05) is 0 Å². The lowest BCUT2D eigenvalue weighted by molar-refractivity contribution is 0.0997. The number of nitrogens with zero attached hydrogens (tertiary/aromatic N) is 1. The topological polar surface area (TPSA) is 110 Å². The van der Waals surface area contributed by atoms with Crippen molar-refractivity contribution in [2.75, 3.05) is 20.3 Å². The fourth-order valence-corrected chi connectivity index (χ4v) is 4.20. The van der Waals surface area contributed by atoms with E-state index < -0.39 is 22.0 Å². The Kier molecular flexibility index (Phi) is 4.50. The molecule has 8 heteroatoms. The van der Waals surface area contributed by atoms with Crippen LogP contribution in [-0.2, 0) is 10.0 Å². The molecule has 0 spiro atoms. The summed E-state index contributed by atoms with van der Waals surface area (Å²) in [7, 11) is -2.40. The van der Waals surface area contributed by atoms with Crippen LogP contribution in [0.5, 0.6) is 5.75 Å². The molecule has 116 valence electrons. The van der Waals surface area contributed by atoms with Gasteiger partial charge in [0.1, 0.15) is 5.75 Å². The van der Waals surface area contributed by atoms with E-state index in [-0.39, 0.29) is 22.8 Å². The third kappa shape index (κ3) is 2.87. The summed E-state index contributed by atoms with van der Waals surface area (Å²) in [4.78, 5) is 11.4. The Morgan fingerprint density at radius 1 is 1.52 bits per heavy atom. The van der Waals surface area contributed by atoms with Crippen LogP contribution in [0.4, 0.5) is 0 Å². The zero-order chi connectivity index (χ0) is 15.6. The zero-order valence-electron chi connectivity index (χ0n) is 11.7. The maximum Gasteiger partial charge on any atom is 0.252 e. The van der Waals surface area contributed by atoms with Gasteiger partial charge in [0.25, 0.3) is 5.91 Å². The van der Waals surface area contributed by atoms with Crippen molar-refractivity contribution in [2.24, 2.45) is 5.73 Å². The number of rotatable bonds is 5. The summed E-state index contributed by atoms with van der Waals surface area (Å²) in [6, 6.07) is 3.56. The third-order valence-corrected chi connectivity index (χ3v) is 5.52. The second-order valence-corrected chi connectivity index (χ2v) is 6.71. The predicted molar refractivity (Wildman–Crippen MR) is 75.5 cm³/mol. The molecule has 1 amide bonds. The summed E-state index contributed by atoms with van der Waals surface area (Å²) in [5, 5.41) is 9.27. The van der Waals surface area contributed by atoms with Crippen molar-refractivity contribution in [1.29, 1.82) is 0 Å². The summed E-state index contributed by atoms with van der Waals surface area (Å²) in [6.45, 7) is 0.129. The van der Waals surface area contributed by atoms with Gasteiger partial charge < -0.3 is 15.6 Å². The van der Waals surface area contributed by atoms with Crippen molar-refractivity contribution in [2.45, 2.75) is 23.8 Å². The largest absolute Gasteiger partial charge is 0.496 e. The van der Waals surface area contributed by atoms with Crippen molar-refractivity contribution < 1.29 is 23.1 Å². The maximum absolute atomic E-state index is 12.6. The number of sulfonamides is 1. The Bertz CT molecular complexity index is 644. The van der Waals surface area contributed by atoms with Gasteiger partial charge in [-0.25, -0.2) is 8.42 Å². The highest BCUT2D eigenvalue weighted by Crippen LogP contribution is 2.28. The van der Waals surface area contributed by atoms with Gasteiger partial charge in [-0.05, 0) is 31.0 Å². The number of benzene rings is 1. The van der Waals surface area contributed by atoms with Crippen LogP contribution >= 0.6 is 0 Å². The summed E-state index contributed by atoms with van der Waals surface area (Å²) in [5.41, 5.74) is 5.25. The van der Waals surface area contributed by atoms with Crippen molar-refractivity contribution in [3.05, 3.63) is 23.8 Å². The van der Waals surface area contributed by atoms with Crippen LogP contribution in [0.25, 0.3) is 0 Å². The van der Waals surface area contributed by atoms with Crippen molar-refractivity contribution in [1.82, 2.24) is 4.31 Å². The number of hydrogen-bond acceptors (Lipinski definition) is 5. The molecule has 0 aromatic heterocycles. The molecule has 1 aliphatic heterocycles. The van der Waals surface area contributed by atoms with E-state index in [1.807, 2.05) is 0 Å². The van der Waals surface area contributed by atoms with Crippen LogP contribution in [0.15, 0.2) is 23.1 Å². The van der Waals surface area contributed by atoms with Gasteiger partial charge in [0.05, 0.1) is 24.2 Å². The summed E-state index contributed by atoms with van der Waals surface area (Å²) in [6.07, 6.45) is 1.32. The van der Waals surface area contributed by atoms with E-state index in [1.165, 1.54) is 29.6 Å². The SMILES string of the molecule is COc1ccc(S(=O)(=O)N2CCC[C@@H]2CO)cc1C(N)=O. The molecule has 0 unspecified atom stereocenters. The Morgan fingerprint density at radius 2 is 2.24 bits per heavy atom. The van der Waals surface area contributed by atoms with Gasteiger partial charge in [-0.15, -0.1) is 0 Å². The van der Waals surface area contributed by atoms with Gasteiger partial charge in [0.15, 0.2) is 0 Å². The quantitative estimate of drug-likeness (QED) is 0.791. The molecule has 1 saturated heterocycles. The number of methoxy groups -OCH3 is 1. The monoisotopic (exact) mass is 314 g/mol. The fourth-order valence-electron chi connectivity index (χ4n) is 2.48. The second-order valence-electron chi connectivity index (χ2n) is 4.82. The first-order valence-electron chi connectivity index (χ1n) is 6.52. The number of aliphatic hydroxyl groups excluding tert-OH is 1. The van der Waals surface area contributed by atoms with Crippen LogP contribution in [0.1, 0.15) is 23.2 Å². The molecule has 1 heterocycles. The first-order chi connectivity index (χ1) is 9.91. The summed E-state index contributed by atoms with van der Waals surface area (Å²) < 4.78 is 31.5. The molecule has 1 aliphatic rings. The lowest BCUT2D eigenvalue weighted by Gasteiger charge is -2.22. The lowest BCUT2D eigenvalue weighted by Crippen LogP contribution is -2.37. The van der Waals surface area contributed by atoms with E-state index in [0.717, 1.165) is 0 Å². The smallest absolute Gasteiger partial charge is 0.252 e. The second kappa shape index (κ2) is 6.00. The molecule has 1 fully saturated rings. The molecular formula is C13H18N2O5S. The fraction of sp³-hybridized carbons (Fsp3) is 0.462. The number of amides is 1. The Hall–Kier alpha value is -1.64. The Morgan fingerprint density at radius 3 is 2.81 bits per heavy atom. The number of aliphatic hydroxyl groups is 1. The van der Waals surface area contributed by atoms with Crippen LogP contribution in [0, 0.1) is 0 Å². The normalized spacial score (nSPS) is 19.6. The number of nitrogens with two attached hydrogens (primary N) is 1. The number of carbonyl (C=O) groups excluding carboxylic acids is 1. The van der Waals surface area contributed by atoms with Gasteiger partial charge in [-0.2, -0.15) is 4.31 Å². The van der Waals surface area contributed by atoms with Crippen LogP contribution in [0.2, 0.25) is 0 Å². The lowest BCUT2D eigenvalue weighted by atomic mass is 10.2. The molecule has 0 aliphatic carbocycles. The van der Waals surface area contributed by atoms with Gasteiger partial charge in [0.2, 0.25) is 10.0 Å². The molecule has 0 radical (unpaired) electrons. The van der Waals surface area contributed by atoms with Crippen molar-refractivity contribution >= 4 is 15.9 Å². The van der Waals surface area contributed by atoms with Gasteiger partial charge in [-0.3, -0.25) is 4.79 Å². The van der Waals surface area contributed by atoms with E-state index in [4.69, 9.17) is 10.5 Å². The first-order valence-corrected chi connectivity index (χ1v) is 7.96. The number of primary amides is 1. The van der Waals surface area contributed by atoms with E-state index in [0.29, 0.717) is 19.4 Å². The highest BCUT2D eigenvalue weighted by molar-refractivity contribution is 7.89. The Labute approximate surface area is 123 Å². The van der Waals surface area contributed by atoms with Crippen LogP contribution in [-0.4, -0.2) is 50.0 Å². The zero-order valence-corrected chi connectivity index (χ0v) is 12.5. The van der Waals surface area contributed by atoms with Gasteiger partial charge >= 0.3 is 0 Å². The molecule has 2 rings (SSSR count). The molecule has 1 aromatic carbocycles. The van der Waals surface area contributed by atoms with Crippen molar-refractivity contribution in [3.63, 3.8) is 0 Å². The summed E-state index contributed by atoms with van der Waals surface area (Å²) >= 11 is 0. The number of hydrogen-bond donors (Lipinski definition) is 2. The summed E-state index contributed by atoms with van der Waals surface area (Å²) in [5.74, 6) is -0.536. The van der Waals surface area contributed by atoms with E-state index in [2.05, 4.69) is 0 Å². The molecule has 1 aromatic rings. The average molecular weight is 314 g/mol. The predicted octanol–water partition coefficient (Wildman–Crippen LogP) is -0.0605. The highest BCUT2D eigenvalue weighted by Gasteiger charge is 2.35. The molecule has 0 bridgehead atoms. The van der Waals surface area contributed by atoms with Gasteiger partial charge in [0, 0.05) is 12.6 Å². The Balaban J connectivity index is 2.45. The molecule has 1 atom stereocenters. The molecule has 3 N–H and O–H groups in total. The molecule has 7 nitrogen and oxygen atoms in total.